The molecule has 24 heavy (non-hydrogen) atoms. The second-order valence-corrected chi connectivity index (χ2v) is 6.82. The molecule has 2 aromatic carbocycles. The van der Waals surface area contributed by atoms with E-state index >= 15 is 0 Å². The summed E-state index contributed by atoms with van der Waals surface area (Å²) in [7, 11) is 1.89. The molecule has 128 valence electrons. The predicted octanol–water partition coefficient (Wildman–Crippen LogP) is 3.13. The van der Waals surface area contributed by atoms with E-state index < -0.39 is 11.7 Å². The summed E-state index contributed by atoms with van der Waals surface area (Å²) < 4.78 is 6.04. The van der Waals surface area contributed by atoms with E-state index in [1.807, 2.05) is 45.2 Å². The van der Waals surface area contributed by atoms with Crippen molar-refractivity contribution >= 4 is 5.69 Å². The number of nitrogens with one attached hydrogen (secondary N) is 2. The van der Waals surface area contributed by atoms with Crippen molar-refractivity contribution in [1.82, 2.24) is 5.32 Å². The molecule has 1 aliphatic rings. The molecule has 0 saturated heterocycles. The van der Waals surface area contributed by atoms with Crippen LogP contribution in [0.15, 0.2) is 48.5 Å². The zero-order valence-electron chi connectivity index (χ0n) is 14.5. The zero-order chi connectivity index (χ0) is 17.2. The summed E-state index contributed by atoms with van der Waals surface area (Å²) in [6.45, 7) is 4.66. The number of benzene rings is 2. The summed E-state index contributed by atoms with van der Waals surface area (Å²) in [5.74, 6) is 0.828. The first-order valence-corrected chi connectivity index (χ1v) is 8.47. The van der Waals surface area contributed by atoms with Gasteiger partial charge in [0.1, 0.15) is 17.5 Å². The fourth-order valence-corrected chi connectivity index (χ4v) is 3.19. The van der Waals surface area contributed by atoms with Crippen LogP contribution in [0.3, 0.4) is 0 Å². The van der Waals surface area contributed by atoms with Crippen LogP contribution in [0.1, 0.15) is 31.0 Å². The summed E-state index contributed by atoms with van der Waals surface area (Å²) in [6.07, 6.45) is 0.316. The number of hydrogen-bond donors (Lipinski definition) is 3. The van der Waals surface area contributed by atoms with Crippen molar-refractivity contribution in [2.45, 2.75) is 38.0 Å². The molecule has 0 fully saturated rings. The van der Waals surface area contributed by atoms with E-state index in [0.717, 1.165) is 30.0 Å². The van der Waals surface area contributed by atoms with Crippen molar-refractivity contribution in [3.63, 3.8) is 0 Å². The topological polar surface area (TPSA) is 53.5 Å². The SMILES string of the molecule is CNc1ccc2c(c1)OC(C)(C)[C@H](O)[C@H]2NCCc1ccccc1. The van der Waals surface area contributed by atoms with Gasteiger partial charge in [-0.05, 0) is 38.4 Å². The molecule has 0 bridgehead atoms. The molecule has 1 aliphatic heterocycles. The van der Waals surface area contributed by atoms with Crippen LogP contribution in [0.2, 0.25) is 0 Å². The average Bonchev–Trinajstić information content (AvgIpc) is 2.58. The van der Waals surface area contributed by atoms with E-state index in [1.165, 1.54) is 5.56 Å². The van der Waals surface area contributed by atoms with Gasteiger partial charge in [0.25, 0.3) is 0 Å². The van der Waals surface area contributed by atoms with Crippen LogP contribution < -0.4 is 15.4 Å². The Labute approximate surface area is 143 Å². The molecule has 2 atom stereocenters. The summed E-state index contributed by atoms with van der Waals surface area (Å²) in [5.41, 5.74) is 2.67. The molecule has 2 aromatic rings. The molecule has 0 amide bonds. The van der Waals surface area contributed by atoms with Gasteiger partial charge in [0.2, 0.25) is 0 Å². The van der Waals surface area contributed by atoms with Crippen molar-refractivity contribution < 1.29 is 9.84 Å². The quantitative estimate of drug-likeness (QED) is 0.790. The van der Waals surface area contributed by atoms with Gasteiger partial charge in [-0.15, -0.1) is 0 Å². The number of rotatable bonds is 5. The Kier molecular flexibility index (Phi) is 4.78. The number of fused-ring (bicyclic) bond motifs is 1. The lowest BCUT2D eigenvalue weighted by molar-refractivity contribution is -0.0643. The van der Waals surface area contributed by atoms with Gasteiger partial charge >= 0.3 is 0 Å². The van der Waals surface area contributed by atoms with Crippen LogP contribution in [0.4, 0.5) is 5.69 Å². The zero-order valence-corrected chi connectivity index (χ0v) is 14.5. The first-order chi connectivity index (χ1) is 11.5. The minimum absolute atomic E-state index is 0.140. The second-order valence-electron chi connectivity index (χ2n) is 6.82. The van der Waals surface area contributed by atoms with E-state index in [4.69, 9.17) is 4.74 Å². The molecule has 0 aromatic heterocycles. The fourth-order valence-electron chi connectivity index (χ4n) is 3.19. The Morgan fingerprint density at radius 2 is 1.88 bits per heavy atom. The lowest BCUT2D eigenvalue weighted by Crippen LogP contribution is -2.52. The maximum absolute atomic E-state index is 10.8. The molecule has 3 N–H and O–H groups in total. The Morgan fingerprint density at radius 1 is 1.12 bits per heavy atom. The van der Waals surface area contributed by atoms with Crippen molar-refractivity contribution in [1.29, 1.82) is 0 Å². The van der Waals surface area contributed by atoms with Gasteiger partial charge in [0.15, 0.2) is 0 Å². The van der Waals surface area contributed by atoms with E-state index in [0.29, 0.717) is 0 Å². The van der Waals surface area contributed by atoms with Crippen molar-refractivity contribution in [2.24, 2.45) is 0 Å². The summed E-state index contributed by atoms with van der Waals surface area (Å²) >= 11 is 0. The summed E-state index contributed by atoms with van der Waals surface area (Å²) in [4.78, 5) is 0. The molecule has 1 heterocycles. The van der Waals surface area contributed by atoms with Crippen LogP contribution >= 0.6 is 0 Å². The Bertz CT molecular complexity index is 685. The number of ether oxygens (including phenoxy) is 1. The summed E-state index contributed by atoms with van der Waals surface area (Å²) in [6, 6.07) is 16.3. The first-order valence-electron chi connectivity index (χ1n) is 8.47. The van der Waals surface area contributed by atoms with Crippen molar-refractivity contribution in [2.75, 3.05) is 18.9 Å². The number of aliphatic hydroxyl groups excluding tert-OH is 1. The van der Waals surface area contributed by atoms with E-state index in [9.17, 15) is 5.11 Å². The molecule has 3 rings (SSSR count). The van der Waals surface area contributed by atoms with Gasteiger partial charge < -0.3 is 20.5 Å². The molecule has 0 aliphatic carbocycles. The largest absolute Gasteiger partial charge is 0.485 e. The molecule has 0 unspecified atom stereocenters. The van der Waals surface area contributed by atoms with Crippen LogP contribution in [0.25, 0.3) is 0 Å². The van der Waals surface area contributed by atoms with E-state index in [-0.39, 0.29) is 6.04 Å². The molecule has 4 nitrogen and oxygen atoms in total. The monoisotopic (exact) mass is 326 g/mol. The third-order valence-electron chi connectivity index (χ3n) is 4.66. The number of hydrogen-bond acceptors (Lipinski definition) is 4. The third-order valence-corrected chi connectivity index (χ3v) is 4.66. The summed E-state index contributed by atoms with van der Waals surface area (Å²) in [5, 5.41) is 17.4. The third kappa shape index (κ3) is 3.40. The maximum Gasteiger partial charge on any atom is 0.131 e. The molecule has 0 saturated carbocycles. The first kappa shape index (κ1) is 16.8. The molecular formula is C20H26N2O2. The van der Waals surface area contributed by atoms with Gasteiger partial charge in [0, 0.05) is 24.4 Å². The molecule has 4 heteroatoms. The van der Waals surface area contributed by atoms with Crippen LogP contribution in [-0.2, 0) is 6.42 Å². The Balaban J connectivity index is 1.78. The van der Waals surface area contributed by atoms with E-state index in [1.54, 1.807) is 0 Å². The maximum atomic E-state index is 10.8. The number of aliphatic hydroxyl groups is 1. The van der Waals surface area contributed by atoms with Gasteiger partial charge in [0.05, 0.1) is 6.04 Å². The van der Waals surface area contributed by atoms with Gasteiger partial charge in [-0.3, -0.25) is 0 Å². The molecular weight excluding hydrogens is 300 g/mol. The van der Waals surface area contributed by atoms with Gasteiger partial charge in [-0.2, -0.15) is 0 Å². The fraction of sp³-hybridized carbons (Fsp3) is 0.400. The Morgan fingerprint density at radius 3 is 2.58 bits per heavy atom. The van der Waals surface area contributed by atoms with Crippen molar-refractivity contribution in [3.05, 3.63) is 59.7 Å². The second kappa shape index (κ2) is 6.83. The van der Waals surface area contributed by atoms with Crippen molar-refractivity contribution in [3.8, 4) is 5.75 Å². The highest BCUT2D eigenvalue weighted by molar-refractivity contribution is 5.53. The van der Waals surface area contributed by atoms with Crippen LogP contribution in [0, 0.1) is 0 Å². The lowest BCUT2D eigenvalue weighted by atomic mass is 9.86. The predicted molar refractivity (Wildman–Crippen MR) is 97.6 cm³/mol. The average molecular weight is 326 g/mol. The molecule has 0 radical (unpaired) electrons. The Hall–Kier alpha value is -2.04. The smallest absolute Gasteiger partial charge is 0.131 e. The standard InChI is InChI=1S/C20H26N2O2/c1-20(2)19(23)18(22-12-11-14-7-5-4-6-8-14)16-10-9-15(21-3)13-17(16)24-20/h4-10,13,18-19,21-23H,11-12H2,1-3H3/t18-,19+/m0/s1. The normalized spacial score (nSPS) is 21.7. The minimum atomic E-state index is -0.635. The number of anilines is 1. The van der Waals surface area contributed by atoms with Gasteiger partial charge in [-0.1, -0.05) is 36.4 Å². The highest BCUT2D eigenvalue weighted by Crippen LogP contribution is 2.40. The van der Waals surface area contributed by atoms with Crippen LogP contribution in [0.5, 0.6) is 5.75 Å². The highest BCUT2D eigenvalue weighted by Gasteiger charge is 2.42. The van der Waals surface area contributed by atoms with E-state index in [2.05, 4.69) is 34.9 Å². The highest BCUT2D eigenvalue weighted by atomic mass is 16.5. The van der Waals surface area contributed by atoms with Crippen LogP contribution in [-0.4, -0.2) is 30.4 Å². The minimum Gasteiger partial charge on any atom is -0.485 e. The lowest BCUT2D eigenvalue weighted by Gasteiger charge is -2.42. The molecule has 0 spiro atoms. The van der Waals surface area contributed by atoms with Gasteiger partial charge in [-0.25, -0.2) is 0 Å².